The lowest BCUT2D eigenvalue weighted by molar-refractivity contribution is 0.107. The number of rotatable bonds is 2. The van der Waals surface area contributed by atoms with Crippen molar-refractivity contribution in [2.24, 2.45) is 7.05 Å². The molecule has 0 unspecified atom stereocenters. The highest BCUT2D eigenvalue weighted by molar-refractivity contribution is 6.67. The molecule has 1 heterocycles. The fourth-order valence-electron chi connectivity index (χ4n) is 0.883. The molecule has 0 saturated carbocycles. The number of aromatic nitrogens is 2. The van der Waals surface area contributed by atoms with Crippen molar-refractivity contribution in [3.05, 3.63) is 17.5 Å². The summed E-state index contributed by atoms with van der Waals surface area (Å²) >= 11 is 5.28. The third-order valence-corrected chi connectivity index (χ3v) is 1.69. The molecule has 0 spiro atoms. The minimum Gasteiger partial charge on any atom is -0.274 e. The minimum absolute atomic E-state index is 0.448. The van der Waals surface area contributed by atoms with Crippen molar-refractivity contribution in [2.75, 3.05) is 0 Å². The van der Waals surface area contributed by atoms with E-state index in [2.05, 4.69) is 5.10 Å². The van der Waals surface area contributed by atoms with E-state index in [0.717, 1.165) is 12.1 Å². The Morgan fingerprint density at radius 2 is 2.45 bits per heavy atom. The van der Waals surface area contributed by atoms with Crippen LogP contribution in [0.3, 0.4) is 0 Å². The maximum atomic E-state index is 10.7. The highest BCUT2D eigenvalue weighted by atomic mass is 35.5. The standard InChI is InChI=1S/C7H9ClN2O/c1-3-5-4-6(7(8)11)10(2)9-5/h4H,3H2,1-2H3. The fraction of sp³-hybridized carbons (Fsp3) is 0.429. The lowest BCUT2D eigenvalue weighted by atomic mass is 10.3. The molecule has 60 valence electrons. The maximum absolute atomic E-state index is 10.7. The van der Waals surface area contributed by atoms with Crippen LogP contribution < -0.4 is 0 Å². The Labute approximate surface area is 70.0 Å². The SMILES string of the molecule is CCc1cc(C(=O)Cl)n(C)n1. The zero-order chi connectivity index (χ0) is 8.43. The Balaban J connectivity index is 3.07. The van der Waals surface area contributed by atoms with Gasteiger partial charge in [-0.2, -0.15) is 5.10 Å². The lowest BCUT2D eigenvalue weighted by Crippen LogP contribution is -2.00. The average Bonchev–Trinajstić information content (AvgIpc) is 2.30. The van der Waals surface area contributed by atoms with E-state index >= 15 is 0 Å². The second-order valence-electron chi connectivity index (χ2n) is 2.27. The van der Waals surface area contributed by atoms with Crippen LogP contribution in [-0.2, 0) is 13.5 Å². The van der Waals surface area contributed by atoms with Crippen LogP contribution in [0, 0.1) is 0 Å². The average molecular weight is 173 g/mol. The first kappa shape index (κ1) is 8.27. The van der Waals surface area contributed by atoms with E-state index in [4.69, 9.17) is 11.6 Å². The van der Waals surface area contributed by atoms with E-state index in [0.29, 0.717) is 5.69 Å². The molecule has 0 radical (unpaired) electrons. The minimum atomic E-state index is -0.459. The Bertz CT molecular complexity index is 280. The van der Waals surface area contributed by atoms with Crippen LogP contribution in [0.15, 0.2) is 6.07 Å². The molecule has 0 N–H and O–H groups in total. The van der Waals surface area contributed by atoms with E-state index in [1.165, 1.54) is 4.68 Å². The molecule has 1 rings (SSSR count). The Morgan fingerprint density at radius 3 is 2.73 bits per heavy atom. The molecule has 0 fully saturated rings. The van der Waals surface area contributed by atoms with Crippen molar-refractivity contribution in [3.8, 4) is 0 Å². The molecule has 0 amide bonds. The van der Waals surface area contributed by atoms with E-state index < -0.39 is 5.24 Å². The second kappa shape index (κ2) is 3.05. The van der Waals surface area contributed by atoms with Gasteiger partial charge < -0.3 is 0 Å². The quantitative estimate of drug-likeness (QED) is 0.632. The van der Waals surface area contributed by atoms with E-state index in [9.17, 15) is 4.79 Å². The summed E-state index contributed by atoms with van der Waals surface area (Å²) in [7, 11) is 1.70. The number of carbonyl (C=O) groups is 1. The van der Waals surface area contributed by atoms with Gasteiger partial charge in [0, 0.05) is 7.05 Å². The zero-order valence-corrected chi connectivity index (χ0v) is 7.22. The number of aryl methyl sites for hydroxylation is 2. The van der Waals surface area contributed by atoms with Gasteiger partial charge in [-0.05, 0) is 24.1 Å². The van der Waals surface area contributed by atoms with Crippen LogP contribution in [0.4, 0.5) is 0 Å². The van der Waals surface area contributed by atoms with Gasteiger partial charge in [-0.15, -0.1) is 0 Å². The van der Waals surface area contributed by atoms with Crippen molar-refractivity contribution >= 4 is 16.8 Å². The molecule has 11 heavy (non-hydrogen) atoms. The molecule has 1 aromatic heterocycles. The van der Waals surface area contributed by atoms with Gasteiger partial charge >= 0.3 is 0 Å². The summed E-state index contributed by atoms with van der Waals surface area (Å²) < 4.78 is 1.49. The highest BCUT2D eigenvalue weighted by Gasteiger charge is 2.08. The molecule has 0 aromatic carbocycles. The summed E-state index contributed by atoms with van der Waals surface area (Å²) in [5.41, 5.74) is 1.33. The number of hydrogen-bond donors (Lipinski definition) is 0. The van der Waals surface area contributed by atoms with E-state index in [1.54, 1.807) is 13.1 Å². The molecule has 0 atom stereocenters. The van der Waals surface area contributed by atoms with Gasteiger partial charge in [0.15, 0.2) is 0 Å². The van der Waals surface area contributed by atoms with Crippen molar-refractivity contribution < 1.29 is 4.79 Å². The summed E-state index contributed by atoms with van der Waals surface area (Å²) in [5, 5.41) is 3.60. The van der Waals surface area contributed by atoms with Crippen molar-refractivity contribution in [2.45, 2.75) is 13.3 Å². The van der Waals surface area contributed by atoms with E-state index in [1.807, 2.05) is 6.92 Å². The number of hydrogen-bond acceptors (Lipinski definition) is 2. The molecule has 4 heteroatoms. The predicted octanol–water partition coefficient (Wildman–Crippen LogP) is 1.36. The third kappa shape index (κ3) is 1.60. The molecule has 3 nitrogen and oxygen atoms in total. The molecule has 1 aromatic rings. The van der Waals surface area contributed by atoms with Gasteiger partial charge in [0.05, 0.1) is 5.69 Å². The summed E-state index contributed by atoms with van der Waals surface area (Å²) in [4.78, 5) is 10.7. The molecule has 0 bridgehead atoms. The fourth-order valence-corrected chi connectivity index (χ4v) is 1.06. The first-order valence-corrected chi connectivity index (χ1v) is 3.75. The van der Waals surface area contributed by atoms with Crippen LogP contribution >= 0.6 is 11.6 Å². The maximum Gasteiger partial charge on any atom is 0.270 e. The van der Waals surface area contributed by atoms with Crippen molar-refractivity contribution in [1.29, 1.82) is 0 Å². The van der Waals surface area contributed by atoms with Crippen molar-refractivity contribution in [3.63, 3.8) is 0 Å². The molecular weight excluding hydrogens is 164 g/mol. The summed E-state index contributed by atoms with van der Waals surface area (Å²) in [6.07, 6.45) is 0.817. The monoisotopic (exact) mass is 172 g/mol. The zero-order valence-electron chi connectivity index (χ0n) is 6.47. The van der Waals surface area contributed by atoms with Gasteiger partial charge in [0.1, 0.15) is 5.69 Å². The lowest BCUT2D eigenvalue weighted by Gasteiger charge is -1.90. The Hall–Kier alpha value is -0.830. The number of halogens is 1. The first-order valence-electron chi connectivity index (χ1n) is 3.38. The van der Waals surface area contributed by atoms with Crippen LogP contribution in [0.1, 0.15) is 23.1 Å². The van der Waals surface area contributed by atoms with Crippen LogP contribution in [0.2, 0.25) is 0 Å². The largest absolute Gasteiger partial charge is 0.274 e. The van der Waals surface area contributed by atoms with E-state index in [-0.39, 0.29) is 0 Å². The summed E-state index contributed by atoms with van der Waals surface area (Å²) in [6.45, 7) is 1.98. The first-order chi connectivity index (χ1) is 5.15. The van der Waals surface area contributed by atoms with Gasteiger partial charge in [-0.1, -0.05) is 6.92 Å². The Kier molecular flexibility index (Phi) is 2.29. The molecule has 0 aliphatic heterocycles. The molecular formula is C7H9ClN2O. The second-order valence-corrected chi connectivity index (χ2v) is 2.62. The van der Waals surface area contributed by atoms with Crippen LogP contribution in [-0.4, -0.2) is 15.0 Å². The topological polar surface area (TPSA) is 34.9 Å². The molecule has 0 aliphatic rings. The Morgan fingerprint density at radius 1 is 1.82 bits per heavy atom. The van der Waals surface area contributed by atoms with Crippen LogP contribution in [0.5, 0.6) is 0 Å². The van der Waals surface area contributed by atoms with Crippen molar-refractivity contribution in [1.82, 2.24) is 9.78 Å². The molecule has 0 saturated heterocycles. The van der Waals surface area contributed by atoms with Gasteiger partial charge in [-0.3, -0.25) is 9.48 Å². The third-order valence-electron chi connectivity index (χ3n) is 1.49. The van der Waals surface area contributed by atoms with Gasteiger partial charge in [0.25, 0.3) is 5.24 Å². The summed E-state index contributed by atoms with van der Waals surface area (Å²) in [5.74, 6) is 0. The smallest absolute Gasteiger partial charge is 0.270 e. The normalized spacial score (nSPS) is 10.1. The molecule has 0 aliphatic carbocycles. The van der Waals surface area contributed by atoms with Gasteiger partial charge in [0.2, 0.25) is 0 Å². The summed E-state index contributed by atoms with van der Waals surface area (Å²) in [6, 6.07) is 1.70. The van der Waals surface area contributed by atoms with Crippen LogP contribution in [0.25, 0.3) is 0 Å². The van der Waals surface area contributed by atoms with Gasteiger partial charge in [-0.25, -0.2) is 0 Å². The number of nitrogens with zero attached hydrogens (tertiary/aromatic N) is 2. The number of carbonyl (C=O) groups excluding carboxylic acids is 1. The highest BCUT2D eigenvalue weighted by Crippen LogP contribution is 2.06. The predicted molar refractivity (Wildman–Crippen MR) is 42.8 cm³/mol.